The molecule has 2 nitrogen and oxygen atoms in total. The summed E-state index contributed by atoms with van der Waals surface area (Å²) in [6.45, 7) is 2.14. The SMILES string of the molecule is CCCc1cc2c(Cl)nc(Cl)nc2s1. The molecular formula is C9H8Cl2N2S. The third-order valence-electron chi connectivity index (χ3n) is 1.87. The Bertz CT molecular complexity index is 467. The normalized spacial score (nSPS) is 11.1. The lowest BCUT2D eigenvalue weighted by molar-refractivity contribution is 0.940. The van der Waals surface area contributed by atoms with Gasteiger partial charge in [-0.25, -0.2) is 9.97 Å². The number of hydrogen-bond acceptors (Lipinski definition) is 3. The second kappa shape index (κ2) is 4.01. The number of aryl methyl sites for hydroxylation is 1. The molecule has 0 atom stereocenters. The van der Waals surface area contributed by atoms with Gasteiger partial charge in [0.15, 0.2) is 0 Å². The highest BCUT2D eigenvalue weighted by atomic mass is 35.5. The predicted molar refractivity (Wildman–Crippen MR) is 61.4 cm³/mol. The number of aromatic nitrogens is 2. The lowest BCUT2D eigenvalue weighted by Crippen LogP contribution is -1.81. The summed E-state index contributed by atoms with van der Waals surface area (Å²) in [5, 5.41) is 1.57. The Morgan fingerprint density at radius 3 is 2.86 bits per heavy atom. The van der Waals surface area contributed by atoms with E-state index in [-0.39, 0.29) is 5.28 Å². The van der Waals surface area contributed by atoms with Gasteiger partial charge >= 0.3 is 0 Å². The Hall–Kier alpha value is -0.380. The quantitative estimate of drug-likeness (QED) is 0.593. The van der Waals surface area contributed by atoms with Crippen molar-refractivity contribution in [3.05, 3.63) is 21.4 Å². The third-order valence-corrected chi connectivity index (χ3v) is 3.41. The van der Waals surface area contributed by atoms with E-state index < -0.39 is 0 Å². The molecule has 2 heterocycles. The zero-order valence-corrected chi connectivity index (χ0v) is 9.88. The first-order chi connectivity index (χ1) is 6.70. The van der Waals surface area contributed by atoms with E-state index in [0.29, 0.717) is 5.15 Å². The number of fused-ring (bicyclic) bond motifs is 1. The highest BCUT2D eigenvalue weighted by Gasteiger charge is 2.08. The van der Waals surface area contributed by atoms with Crippen LogP contribution in [0.4, 0.5) is 0 Å². The molecule has 0 N–H and O–H groups in total. The van der Waals surface area contributed by atoms with Crippen LogP contribution in [0.25, 0.3) is 10.2 Å². The molecular weight excluding hydrogens is 239 g/mol. The number of hydrogen-bond donors (Lipinski definition) is 0. The van der Waals surface area contributed by atoms with E-state index in [1.54, 1.807) is 11.3 Å². The third kappa shape index (κ3) is 1.85. The van der Waals surface area contributed by atoms with Crippen LogP contribution in [-0.2, 0) is 6.42 Å². The van der Waals surface area contributed by atoms with Gasteiger partial charge in [-0.05, 0) is 24.1 Å². The summed E-state index contributed by atoms with van der Waals surface area (Å²) in [5.74, 6) is 0. The van der Waals surface area contributed by atoms with Crippen LogP contribution >= 0.6 is 34.5 Å². The molecule has 74 valence electrons. The molecule has 2 aromatic heterocycles. The Balaban J connectivity index is 2.58. The van der Waals surface area contributed by atoms with Crippen molar-refractivity contribution in [2.45, 2.75) is 19.8 Å². The lowest BCUT2D eigenvalue weighted by atomic mass is 10.3. The van der Waals surface area contributed by atoms with E-state index in [4.69, 9.17) is 23.2 Å². The van der Waals surface area contributed by atoms with Crippen LogP contribution in [0.5, 0.6) is 0 Å². The van der Waals surface area contributed by atoms with Crippen LogP contribution in [-0.4, -0.2) is 9.97 Å². The average Bonchev–Trinajstić information content (AvgIpc) is 2.48. The first kappa shape index (κ1) is 10.1. The Morgan fingerprint density at radius 2 is 2.14 bits per heavy atom. The molecule has 0 aromatic carbocycles. The van der Waals surface area contributed by atoms with Crippen molar-refractivity contribution in [2.75, 3.05) is 0 Å². The van der Waals surface area contributed by atoms with Gasteiger partial charge in [0.25, 0.3) is 0 Å². The van der Waals surface area contributed by atoms with Crippen molar-refractivity contribution in [3.63, 3.8) is 0 Å². The maximum Gasteiger partial charge on any atom is 0.225 e. The number of halogens is 2. The Kier molecular flexibility index (Phi) is 2.91. The van der Waals surface area contributed by atoms with Crippen molar-refractivity contribution in [1.29, 1.82) is 0 Å². The molecule has 2 rings (SSSR count). The molecule has 0 saturated carbocycles. The summed E-state index contributed by atoms with van der Waals surface area (Å²) in [6, 6.07) is 2.04. The van der Waals surface area contributed by atoms with Crippen molar-refractivity contribution in [1.82, 2.24) is 9.97 Å². The number of rotatable bonds is 2. The number of nitrogens with zero attached hydrogens (tertiary/aromatic N) is 2. The first-order valence-electron chi connectivity index (χ1n) is 4.32. The summed E-state index contributed by atoms with van der Waals surface area (Å²) < 4.78 is 0. The molecule has 0 radical (unpaired) electrons. The van der Waals surface area contributed by atoms with Crippen molar-refractivity contribution < 1.29 is 0 Å². The summed E-state index contributed by atoms with van der Waals surface area (Å²) >= 11 is 13.3. The van der Waals surface area contributed by atoms with Crippen LogP contribution in [0.3, 0.4) is 0 Å². The monoisotopic (exact) mass is 246 g/mol. The molecule has 0 amide bonds. The van der Waals surface area contributed by atoms with Crippen LogP contribution in [0.2, 0.25) is 10.4 Å². The maximum absolute atomic E-state index is 5.95. The molecule has 14 heavy (non-hydrogen) atoms. The second-order valence-electron chi connectivity index (χ2n) is 2.96. The van der Waals surface area contributed by atoms with E-state index in [0.717, 1.165) is 23.1 Å². The molecule has 0 aliphatic heterocycles. The van der Waals surface area contributed by atoms with E-state index in [2.05, 4.69) is 16.9 Å². The predicted octanol–water partition coefficient (Wildman–Crippen LogP) is 3.95. The van der Waals surface area contributed by atoms with Crippen molar-refractivity contribution in [3.8, 4) is 0 Å². The fourth-order valence-electron chi connectivity index (χ4n) is 1.28. The van der Waals surface area contributed by atoms with Gasteiger partial charge in [0.1, 0.15) is 9.98 Å². The minimum Gasteiger partial charge on any atom is -0.207 e. The average molecular weight is 247 g/mol. The second-order valence-corrected chi connectivity index (χ2v) is 4.78. The minimum absolute atomic E-state index is 0.215. The van der Waals surface area contributed by atoms with Crippen molar-refractivity contribution >= 4 is 44.8 Å². The van der Waals surface area contributed by atoms with Crippen LogP contribution in [0.1, 0.15) is 18.2 Å². The molecule has 0 aliphatic rings. The fourth-order valence-corrected chi connectivity index (χ4v) is 2.95. The number of thiophene rings is 1. The highest BCUT2D eigenvalue weighted by molar-refractivity contribution is 7.18. The van der Waals surface area contributed by atoms with Gasteiger partial charge in [0.2, 0.25) is 5.28 Å². The van der Waals surface area contributed by atoms with Gasteiger partial charge in [0.05, 0.1) is 0 Å². The summed E-state index contributed by atoms with van der Waals surface area (Å²) in [4.78, 5) is 10.2. The van der Waals surface area contributed by atoms with E-state index >= 15 is 0 Å². The zero-order valence-electron chi connectivity index (χ0n) is 7.55. The summed E-state index contributed by atoms with van der Waals surface area (Å²) in [5.41, 5.74) is 0. The molecule has 0 unspecified atom stereocenters. The zero-order chi connectivity index (χ0) is 10.1. The molecule has 0 aliphatic carbocycles. The van der Waals surface area contributed by atoms with Gasteiger partial charge in [0, 0.05) is 10.3 Å². The van der Waals surface area contributed by atoms with Gasteiger partial charge in [-0.2, -0.15) is 0 Å². The van der Waals surface area contributed by atoms with E-state index in [1.165, 1.54) is 4.88 Å². The fraction of sp³-hybridized carbons (Fsp3) is 0.333. The highest BCUT2D eigenvalue weighted by Crippen LogP contribution is 2.30. The lowest BCUT2D eigenvalue weighted by Gasteiger charge is -1.91. The molecule has 5 heteroatoms. The molecule has 0 fully saturated rings. The van der Waals surface area contributed by atoms with E-state index in [9.17, 15) is 0 Å². The maximum atomic E-state index is 5.95. The van der Waals surface area contributed by atoms with Gasteiger partial charge in [-0.15, -0.1) is 11.3 Å². The molecule has 0 bridgehead atoms. The minimum atomic E-state index is 0.215. The van der Waals surface area contributed by atoms with Crippen molar-refractivity contribution in [2.24, 2.45) is 0 Å². The molecule has 2 aromatic rings. The van der Waals surface area contributed by atoms with Crippen LogP contribution in [0, 0.1) is 0 Å². The van der Waals surface area contributed by atoms with Gasteiger partial charge < -0.3 is 0 Å². The van der Waals surface area contributed by atoms with Crippen LogP contribution in [0.15, 0.2) is 6.07 Å². The smallest absolute Gasteiger partial charge is 0.207 e. The summed E-state index contributed by atoms with van der Waals surface area (Å²) in [6.07, 6.45) is 2.17. The summed E-state index contributed by atoms with van der Waals surface area (Å²) in [7, 11) is 0. The standard InChI is InChI=1S/C9H8Cl2N2S/c1-2-3-5-4-6-7(10)12-9(11)13-8(6)14-5/h4H,2-3H2,1H3. The van der Waals surface area contributed by atoms with Gasteiger partial charge in [-0.3, -0.25) is 0 Å². The topological polar surface area (TPSA) is 25.8 Å². The molecule has 0 saturated heterocycles. The van der Waals surface area contributed by atoms with E-state index in [1.807, 2.05) is 6.07 Å². The Morgan fingerprint density at radius 1 is 1.36 bits per heavy atom. The Labute approximate surface area is 95.9 Å². The van der Waals surface area contributed by atoms with Gasteiger partial charge in [-0.1, -0.05) is 24.9 Å². The first-order valence-corrected chi connectivity index (χ1v) is 5.89. The largest absolute Gasteiger partial charge is 0.225 e. The van der Waals surface area contributed by atoms with Crippen LogP contribution < -0.4 is 0 Å². The molecule has 0 spiro atoms.